The van der Waals surface area contributed by atoms with Gasteiger partial charge in [0.05, 0.1) is 11.1 Å². The lowest BCUT2D eigenvalue weighted by Crippen LogP contribution is -2.23. The van der Waals surface area contributed by atoms with Crippen LogP contribution in [0.25, 0.3) is 27.3 Å². The number of carbonyl (C=O) groups is 1. The number of aromatic amines is 1. The Morgan fingerprint density at radius 1 is 0.929 bits per heavy atom. The van der Waals surface area contributed by atoms with E-state index in [0.717, 1.165) is 22.1 Å². The van der Waals surface area contributed by atoms with Gasteiger partial charge in [0.25, 0.3) is 0 Å². The van der Waals surface area contributed by atoms with Crippen molar-refractivity contribution in [3.05, 3.63) is 96.3 Å². The number of ether oxygens (including phenoxy) is 1. The molecule has 1 unspecified atom stereocenters. The normalized spacial score (nSPS) is 12.5. The highest BCUT2D eigenvalue weighted by Gasteiger charge is 2.18. The minimum Gasteiger partial charge on any atom is -0.454 e. The van der Waals surface area contributed by atoms with Gasteiger partial charge < -0.3 is 9.72 Å². The number of esters is 1. The Balaban J connectivity index is 1.51. The number of hydrogen-bond donors (Lipinski definition) is 1. The zero-order chi connectivity index (χ0) is 19.1. The van der Waals surface area contributed by atoms with Crippen LogP contribution in [0.2, 0.25) is 0 Å². The smallest absolute Gasteiger partial charge is 0.338 e. The van der Waals surface area contributed by atoms with Crippen LogP contribution in [0.4, 0.5) is 0 Å². The Morgan fingerprint density at radius 2 is 1.71 bits per heavy atom. The highest BCUT2D eigenvalue weighted by molar-refractivity contribution is 6.10. The van der Waals surface area contributed by atoms with Crippen molar-refractivity contribution in [3.63, 3.8) is 0 Å². The molecular weight excluding hydrogens is 348 g/mol. The van der Waals surface area contributed by atoms with Gasteiger partial charge in [-0.05, 0) is 31.2 Å². The first-order chi connectivity index (χ1) is 13.7. The van der Waals surface area contributed by atoms with E-state index in [9.17, 15) is 4.79 Å². The summed E-state index contributed by atoms with van der Waals surface area (Å²) in [5.74, 6) is -0.315. The van der Waals surface area contributed by atoms with Crippen LogP contribution in [0, 0.1) is 0 Å². The molecule has 136 valence electrons. The molecule has 0 bridgehead atoms. The molecule has 0 fully saturated rings. The molecule has 2 aromatic carbocycles. The van der Waals surface area contributed by atoms with Crippen molar-refractivity contribution in [1.29, 1.82) is 0 Å². The van der Waals surface area contributed by atoms with Crippen molar-refractivity contribution in [3.8, 4) is 0 Å². The highest BCUT2D eigenvalue weighted by atomic mass is 16.5. The molecule has 0 amide bonds. The monoisotopic (exact) mass is 367 g/mol. The van der Waals surface area contributed by atoms with Crippen molar-refractivity contribution in [2.45, 2.75) is 13.0 Å². The standard InChI is InChI=1S/C24H18N2O2/c1-16(28-24(27)17-7-3-2-4-8-17)18-11-12-22-23-20(13-14-26(22)15-18)19-9-5-6-10-21(19)25-23/h2-16H,1H3/p+1. The van der Waals surface area contributed by atoms with E-state index in [0.29, 0.717) is 5.56 Å². The predicted octanol–water partition coefficient (Wildman–Crippen LogP) is 4.98. The molecule has 0 saturated heterocycles. The van der Waals surface area contributed by atoms with Gasteiger partial charge in [0.15, 0.2) is 12.4 Å². The lowest BCUT2D eigenvalue weighted by atomic mass is 10.1. The van der Waals surface area contributed by atoms with E-state index in [1.165, 1.54) is 10.8 Å². The molecule has 0 spiro atoms. The zero-order valence-electron chi connectivity index (χ0n) is 15.4. The predicted molar refractivity (Wildman–Crippen MR) is 109 cm³/mol. The summed E-state index contributed by atoms with van der Waals surface area (Å²) in [5.41, 5.74) is 4.81. The molecule has 0 radical (unpaired) electrons. The van der Waals surface area contributed by atoms with Crippen LogP contribution in [-0.4, -0.2) is 11.0 Å². The molecule has 0 aliphatic rings. The molecule has 4 heteroatoms. The molecule has 5 rings (SSSR count). The van der Waals surface area contributed by atoms with Gasteiger partial charge in [-0.1, -0.05) is 36.4 Å². The maximum atomic E-state index is 12.3. The van der Waals surface area contributed by atoms with Crippen molar-refractivity contribution < 1.29 is 13.9 Å². The fourth-order valence-electron chi connectivity index (χ4n) is 3.68. The van der Waals surface area contributed by atoms with Crippen molar-refractivity contribution in [1.82, 2.24) is 4.98 Å². The van der Waals surface area contributed by atoms with Crippen LogP contribution >= 0.6 is 0 Å². The van der Waals surface area contributed by atoms with Crippen LogP contribution in [0.3, 0.4) is 0 Å². The first-order valence-corrected chi connectivity index (χ1v) is 9.31. The number of nitrogens with zero attached hydrogens (tertiary/aromatic N) is 1. The lowest BCUT2D eigenvalue weighted by Gasteiger charge is -2.12. The molecule has 0 saturated carbocycles. The Hall–Kier alpha value is -3.66. The van der Waals surface area contributed by atoms with Crippen molar-refractivity contribution in [2.24, 2.45) is 0 Å². The average Bonchev–Trinajstić information content (AvgIpc) is 3.13. The van der Waals surface area contributed by atoms with Crippen LogP contribution in [-0.2, 0) is 4.74 Å². The minimum absolute atomic E-state index is 0.315. The molecule has 0 aliphatic heterocycles. The summed E-state index contributed by atoms with van der Waals surface area (Å²) in [4.78, 5) is 15.8. The number of benzene rings is 2. The number of rotatable bonds is 3. The summed E-state index contributed by atoms with van der Waals surface area (Å²) < 4.78 is 7.72. The number of hydrogen-bond acceptors (Lipinski definition) is 2. The number of fused-ring (bicyclic) bond motifs is 5. The fraction of sp³-hybridized carbons (Fsp3) is 0.0833. The van der Waals surface area contributed by atoms with E-state index in [1.807, 2.05) is 49.6 Å². The number of H-pyrrole nitrogens is 1. The van der Waals surface area contributed by atoms with Crippen LogP contribution < -0.4 is 4.40 Å². The zero-order valence-corrected chi connectivity index (χ0v) is 15.4. The minimum atomic E-state index is -0.344. The quantitative estimate of drug-likeness (QED) is 0.361. The highest BCUT2D eigenvalue weighted by Crippen LogP contribution is 2.27. The number of aromatic nitrogens is 2. The fourth-order valence-corrected chi connectivity index (χ4v) is 3.68. The number of para-hydroxylation sites is 1. The summed E-state index contributed by atoms with van der Waals surface area (Å²) in [6.45, 7) is 1.89. The third-order valence-electron chi connectivity index (χ3n) is 5.17. The second kappa shape index (κ2) is 6.50. The number of pyridine rings is 2. The van der Waals surface area contributed by atoms with Gasteiger partial charge in [-0.3, -0.25) is 0 Å². The van der Waals surface area contributed by atoms with E-state index in [1.54, 1.807) is 12.1 Å². The van der Waals surface area contributed by atoms with E-state index < -0.39 is 0 Å². The molecule has 4 nitrogen and oxygen atoms in total. The van der Waals surface area contributed by atoms with Gasteiger partial charge in [-0.2, -0.15) is 4.40 Å². The molecule has 0 aliphatic carbocycles. The molecule has 3 aromatic heterocycles. The molecule has 3 heterocycles. The summed E-state index contributed by atoms with van der Waals surface area (Å²) in [5, 5.41) is 2.42. The van der Waals surface area contributed by atoms with Crippen LogP contribution in [0.1, 0.15) is 28.9 Å². The topological polar surface area (TPSA) is 46.2 Å². The van der Waals surface area contributed by atoms with E-state index in [-0.39, 0.29) is 12.1 Å². The van der Waals surface area contributed by atoms with Crippen molar-refractivity contribution >= 4 is 33.3 Å². The number of carbonyl (C=O) groups excluding carboxylic acids is 1. The van der Waals surface area contributed by atoms with E-state index in [2.05, 4.69) is 39.7 Å². The van der Waals surface area contributed by atoms with E-state index in [4.69, 9.17) is 4.74 Å². The van der Waals surface area contributed by atoms with Crippen LogP contribution in [0.5, 0.6) is 0 Å². The maximum Gasteiger partial charge on any atom is 0.338 e. The van der Waals surface area contributed by atoms with Gasteiger partial charge in [0.1, 0.15) is 11.6 Å². The van der Waals surface area contributed by atoms with Gasteiger partial charge in [-0.25, -0.2) is 4.79 Å². The third-order valence-corrected chi connectivity index (χ3v) is 5.17. The Kier molecular flexibility index (Phi) is 3.83. The second-order valence-corrected chi connectivity index (χ2v) is 6.94. The van der Waals surface area contributed by atoms with Gasteiger partial charge in [0.2, 0.25) is 5.52 Å². The third kappa shape index (κ3) is 2.70. The Morgan fingerprint density at radius 3 is 2.57 bits per heavy atom. The first-order valence-electron chi connectivity index (χ1n) is 9.31. The van der Waals surface area contributed by atoms with Crippen LogP contribution in [0.15, 0.2) is 85.2 Å². The summed E-state index contributed by atoms with van der Waals surface area (Å²) in [7, 11) is 0. The SMILES string of the molecule is CC(OC(=O)c1ccccc1)c1ccc2c3[nH]c4ccccc4c3cc[n+]2c1. The largest absolute Gasteiger partial charge is 0.454 e. The summed E-state index contributed by atoms with van der Waals surface area (Å²) in [6.07, 6.45) is 3.72. The molecule has 28 heavy (non-hydrogen) atoms. The molecule has 5 aromatic rings. The second-order valence-electron chi connectivity index (χ2n) is 6.94. The van der Waals surface area contributed by atoms with Gasteiger partial charge in [0, 0.05) is 28.4 Å². The van der Waals surface area contributed by atoms with Gasteiger partial charge >= 0.3 is 5.97 Å². The van der Waals surface area contributed by atoms with Gasteiger partial charge in [-0.15, -0.1) is 0 Å². The summed E-state index contributed by atoms with van der Waals surface area (Å²) in [6, 6.07) is 23.6. The summed E-state index contributed by atoms with van der Waals surface area (Å²) >= 11 is 0. The Labute approximate surface area is 162 Å². The first kappa shape index (κ1) is 16.5. The lowest BCUT2D eigenvalue weighted by molar-refractivity contribution is -0.511. The van der Waals surface area contributed by atoms with Crippen molar-refractivity contribution in [2.75, 3.05) is 0 Å². The maximum absolute atomic E-state index is 12.3. The molecule has 1 atom stereocenters. The molecule has 1 N–H and O–H groups in total. The number of nitrogens with one attached hydrogen (secondary N) is 1. The Bertz CT molecular complexity index is 1320. The van der Waals surface area contributed by atoms with E-state index >= 15 is 0 Å². The average molecular weight is 367 g/mol. The molecular formula is C24H19N2O2+.